The van der Waals surface area contributed by atoms with Crippen LogP contribution in [0.3, 0.4) is 0 Å². The van der Waals surface area contributed by atoms with Crippen molar-refractivity contribution in [1.82, 2.24) is 25.1 Å². The van der Waals surface area contributed by atoms with E-state index in [0.717, 1.165) is 6.42 Å². The van der Waals surface area contributed by atoms with Gasteiger partial charge in [-0.3, -0.25) is 9.48 Å². The smallest absolute Gasteiger partial charge is 0.272 e. The van der Waals surface area contributed by atoms with Crippen LogP contribution in [0.1, 0.15) is 16.9 Å². The van der Waals surface area contributed by atoms with Crippen LogP contribution in [-0.2, 0) is 11.8 Å². The molecule has 8 nitrogen and oxygen atoms in total. The lowest BCUT2D eigenvalue weighted by molar-refractivity contribution is 0.0618. The molecule has 0 aliphatic carbocycles. The number of rotatable bonds is 4. The van der Waals surface area contributed by atoms with E-state index in [1.807, 2.05) is 0 Å². The molecule has 1 amide bonds. The molecule has 2 aromatic rings. The standard InChI is InChI=1S/C14H18N6O2/c1-20-6-3-11(19-20)14(21)18-10-4-7-22-8-12(10)17-13-2-5-15-9-16-13/h2-3,5-6,9-10,12H,4,7-8H2,1H3,(H,18,21)(H,15,16,17)/t10-,12+/m0/s1. The third-order valence-corrected chi connectivity index (χ3v) is 3.53. The third-order valence-electron chi connectivity index (χ3n) is 3.53. The van der Waals surface area contributed by atoms with E-state index in [4.69, 9.17) is 4.74 Å². The lowest BCUT2D eigenvalue weighted by Gasteiger charge is -2.32. The number of nitrogens with one attached hydrogen (secondary N) is 2. The van der Waals surface area contributed by atoms with Gasteiger partial charge < -0.3 is 15.4 Å². The summed E-state index contributed by atoms with van der Waals surface area (Å²) in [6.07, 6.45) is 5.63. The van der Waals surface area contributed by atoms with Crippen molar-refractivity contribution in [2.24, 2.45) is 7.05 Å². The molecule has 3 heterocycles. The van der Waals surface area contributed by atoms with E-state index >= 15 is 0 Å². The number of aromatic nitrogens is 4. The Morgan fingerprint density at radius 2 is 2.32 bits per heavy atom. The van der Waals surface area contributed by atoms with Gasteiger partial charge in [-0.2, -0.15) is 5.10 Å². The molecule has 3 rings (SSSR count). The van der Waals surface area contributed by atoms with Crippen molar-refractivity contribution in [2.45, 2.75) is 18.5 Å². The van der Waals surface area contributed by atoms with Gasteiger partial charge in [-0.15, -0.1) is 0 Å². The molecule has 116 valence electrons. The van der Waals surface area contributed by atoms with Crippen LogP contribution in [-0.4, -0.2) is 51.0 Å². The Balaban J connectivity index is 1.66. The summed E-state index contributed by atoms with van der Waals surface area (Å²) < 4.78 is 7.11. The summed E-state index contributed by atoms with van der Waals surface area (Å²) in [4.78, 5) is 20.3. The van der Waals surface area contributed by atoms with Crippen LogP contribution in [0.2, 0.25) is 0 Å². The number of carbonyl (C=O) groups excluding carboxylic acids is 1. The Labute approximate surface area is 127 Å². The highest BCUT2D eigenvalue weighted by atomic mass is 16.5. The van der Waals surface area contributed by atoms with Crippen LogP contribution in [0.25, 0.3) is 0 Å². The quantitative estimate of drug-likeness (QED) is 0.838. The molecule has 1 saturated heterocycles. The van der Waals surface area contributed by atoms with Crippen molar-refractivity contribution in [2.75, 3.05) is 18.5 Å². The van der Waals surface area contributed by atoms with Gasteiger partial charge in [0.05, 0.1) is 18.7 Å². The maximum atomic E-state index is 12.2. The molecule has 2 aromatic heterocycles. The molecule has 0 spiro atoms. The van der Waals surface area contributed by atoms with Crippen LogP contribution in [0.5, 0.6) is 0 Å². The van der Waals surface area contributed by atoms with E-state index in [1.54, 1.807) is 36.3 Å². The second kappa shape index (κ2) is 6.52. The minimum atomic E-state index is -0.179. The van der Waals surface area contributed by atoms with Gasteiger partial charge in [-0.05, 0) is 18.6 Å². The first-order valence-electron chi connectivity index (χ1n) is 7.13. The zero-order valence-electron chi connectivity index (χ0n) is 12.3. The van der Waals surface area contributed by atoms with Crippen LogP contribution < -0.4 is 10.6 Å². The predicted molar refractivity (Wildman–Crippen MR) is 79.3 cm³/mol. The van der Waals surface area contributed by atoms with Gasteiger partial charge in [0.1, 0.15) is 17.8 Å². The van der Waals surface area contributed by atoms with E-state index in [1.165, 1.54) is 6.33 Å². The average Bonchev–Trinajstić information content (AvgIpc) is 2.97. The molecule has 0 unspecified atom stereocenters. The predicted octanol–water partition coefficient (Wildman–Crippen LogP) is 0.209. The van der Waals surface area contributed by atoms with Gasteiger partial charge in [0.2, 0.25) is 0 Å². The molecule has 1 fully saturated rings. The molecular weight excluding hydrogens is 284 g/mol. The van der Waals surface area contributed by atoms with Crippen molar-refractivity contribution in [1.29, 1.82) is 0 Å². The van der Waals surface area contributed by atoms with Crippen molar-refractivity contribution >= 4 is 11.7 Å². The van der Waals surface area contributed by atoms with E-state index in [0.29, 0.717) is 24.7 Å². The number of hydrogen-bond donors (Lipinski definition) is 2. The SMILES string of the molecule is Cn1ccc(C(=O)N[C@H]2CCOC[C@H]2Nc2ccncn2)n1. The summed E-state index contributed by atoms with van der Waals surface area (Å²) in [5, 5.41) is 10.4. The van der Waals surface area contributed by atoms with E-state index in [-0.39, 0.29) is 18.0 Å². The Kier molecular flexibility index (Phi) is 4.29. The van der Waals surface area contributed by atoms with Gasteiger partial charge >= 0.3 is 0 Å². The highest BCUT2D eigenvalue weighted by Gasteiger charge is 2.28. The van der Waals surface area contributed by atoms with Crippen LogP contribution in [0.15, 0.2) is 30.9 Å². The monoisotopic (exact) mass is 302 g/mol. The molecular formula is C14H18N6O2. The Bertz CT molecular complexity index is 629. The maximum absolute atomic E-state index is 12.2. The van der Waals surface area contributed by atoms with Crippen LogP contribution in [0, 0.1) is 0 Å². The maximum Gasteiger partial charge on any atom is 0.272 e. The molecule has 0 aromatic carbocycles. The average molecular weight is 302 g/mol. The Morgan fingerprint density at radius 1 is 1.41 bits per heavy atom. The van der Waals surface area contributed by atoms with Crippen molar-refractivity contribution in [3.8, 4) is 0 Å². The van der Waals surface area contributed by atoms with Gasteiger partial charge in [0, 0.05) is 26.0 Å². The Morgan fingerprint density at radius 3 is 3.05 bits per heavy atom. The number of anilines is 1. The normalized spacial score (nSPS) is 21.3. The first-order chi connectivity index (χ1) is 10.7. The van der Waals surface area contributed by atoms with E-state index in [2.05, 4.69) is 25.7 Å². The number of amides is 1. The van der Waals surface area contributed by atoms with Crippen molar-refractivity contribution in [3.05, 3.63) is 36.5 Å². The number of carbonyl (C=O) groups is 1. The van der Waals surface area contributed by atoms with Crippen molar-refractivity contribution in [3.63, 3.8) is 0 Å². The first kappa shape index (κ1) is 14.5. The Hall–Kier alpha value is -2.48. The third kappa shape index (κ3) is 3.40. The largest absolute Gasteiger partial charge is 0.379 e. The van der Waals surface area contributed by atoms with Crippen molar-refractivity contribution < 1.29 is 9.53 Å². The topological polar surface area (TPSA) is 94.0 Å². The highest BCUT2D eigenvalue weighted by Crippen LogP contribution is 2.13. The minimum absolute atomic E-state index is 0.0433. The fourth-order valence-corrected chi connectivity index (χ4v) is 2.40. The second-order valence-corrected chi connectivity index (χ2v) is 5.16. The molecule has 2 N–H and O–H groups in total. The molecule has 22 heavy (non-hydrogen) atoms. The summed E-state index contributed by atoms with van der Waals surface area (Å²) >= 11 is 0. The second-order valence-electron chi connectivity index (χ2n) is 5.16. The molecule has 0 radical (unpaired) electrons. The summed E-state index contributed by atoms with van der Waals surface area (Å²) in [6.45, 7) is 1.13. The molecule has 2 atom stereocenters. The van der Waals surface area contributed by atoms with E-state index in [9.17, 15) is 4.79 Å². The first-order valence-corrected chi connectivity index (χ1v) is 7.13. The van der Waals surface area contributed by atoms with Crippen LogP contribution >= 0.6 is 0 Å². The lowest BCUT2D eigenvalue weighted by Crippen LogP contribution is -2.52. The number of nitrogens with zero attached hydrogens (tertiary/aromatic N) is 4. The minimum Gasteiger partial charge on any atom is -0.379 e. The van der Waals surface area contributed by atoms with Gasteiger partial charge in [0.25, 0.3) is 5.91 Å². The summed E-state index contributed by atoms with van der Waals surface area (Å²) in [6, 6.07) is 3.39. The number of hydrogen-bond acceptors (Lipinski definition) is 6. The summed E-state index contributed by atoms with van der Waals surface area (Å²) in [7, 11) is 1.78. The van der Waals surface area contributed by atoms with E-state index < -0.39 is 0 Å². The molecule has 8 heteroatoms. The highest BCUT2D eigenvalue weighted by molar-refractivity contribution is 5.92. The van der Waals surface area contributed by atoms with Crippen LogP contribution in [0.4, 0.5) is 5.82 Å². The zero-order chi connectivity index (χ0) is 15.4. The molecule has 1 aliphatic heterocycles. The lowest BCUT2D eigenvalue weighted by atomic mass is 10.0. The summed E-state index contributed by atoms with van der Waals surface area (Å²) in [5.41, 5.74) is 0.412. The van der Waals surface area contributed by atoms with Gasteiger partial charge in [-0.25, -0.2) is 9.97 Å². The molecule has 0 saturated carbocycles. The number of aryl methyl sites for hydroxylation is 1. The summed E-state index contributed by atoms with van der Waals surface area (Å²) in [5.74, 6) is 0.532. The molecule has 1 aliphatic rings. The fraction of sp³-hybridized carbons (Fsp3) is 0.429. The number of ether oxygens (including phenoxy) is 1. The molecule has 0 bridgehead atoms. The van der Waals surface area contributed by atoms with Gasteiger partial charge in [0.15, 0.2) is 0 Å². The zero-order valence-corrected chi connectivity index (χ0v) is 12.3. The fourth-order valence-electron chi connectivity index (χ4n) is 2.40. The van der Waals surface area contributed by atoms with Gasteiger partial charge in [-0.1, -0.05) is 0 Å².